The van der Waals surface area contributed by atoms with Gasteiger partial charge in [-0.15, -0.1) is 0 Å². The molecule has 0 saturated carbocycles. The molecule has 0 aliphatic carbocycles. The zero-order valence-electron chi connectivity index (χ0n) is 17.4. The Morgan fingerprint density at radius 1 is 1.13 bits per heavy atom. The average Bonchev–Trinajstić information content (AvgIpc) is 2.79. The van der Waals surface area contributed by atoms with Crippen molar-refractivity contribution in [1.82, 2.24) is 0 Å². The lowest BCUT2D eigenvalue weighted by Gasteiger charge is -2.33. The van der Waals surface area contributed by atoms with Gasteiger partial charge in [0.25, 0.3) is 0 Å². The van der Waals surface area contributed by atoms with E-state index in [4.69, 9.17) is 16.3 Å². The van der Waals surface area contributed by atoms with E-state index in [1.165, 1.54) is 16.8 Å². The van der Waals surface area contributed by atoms with E-state index < -0.39 is 10.4 Å². The zero-order valence-corrected chi connectivity index (χ0v) is 19.0. The maximum absolute atomic E-state index is 9.22. The van der Waals surface area contributed by atoms with Crippen molar-refractivity contribution >= 4 is 33.9 Å². The number of allylic oxidation sites excluding steroid dienone is 1. The smallest absolute Gasteiger partial charge is 0.217 e. The van der Waals surface area contributed by atoms with Crippen molar-refractivity contribution in [2.24, 2.45) is 0 Å². The lowest BCUT2D eigenvalue weighted by molar-refractivity contribution is -0.544. The average molecular weight is 465 g/mol. The highest BCUT2D eigenvalue weighted by atomic mass is 35.5. The first-order chi connectivity index (χ1) is 14.8. The summed E-state index contributed by atoms with van der Waals surface area (Å²) < 4.78 is 38.8. The number of ether oxygens (including phenoxy) is 1. The molecule has 2 aliphatic heterocycles. The molecule has 166 valence electrons. The van der Waals surface area contributed by atoms with Gasteiger partial charge < -0.3 is 14.2 Å². The summed E-state index contributed by atoms with van der Waals surface area (Å²) in [5.41, 5.74) is 4.87. The fourth-order valence-corrected chi connectivity index (χ4v) is 3.91. The predicted octanol–water partition coefficient (Wildman–Crippen LogP) is 2.93. The van der Waals surface area contributed by atoms with Crippen molar-refractivity contribution in [2.45, 2.75) is 5.92 Å². The van der Waals surface area contributed by atoms with Crippen LogP contribution in [0, 0.1) is 0 Å². The van der Waals surface area contributed by atoms with Crippen LogP contribution in [0.1, 0.15) is 17.0 Å². The number of fused-ring (bicyclic) bond motifs is 1. The molecular weight excluding hydrogens is 440 g/mol. The van der Waals surface area contributed by atoms with Crippen LogP contribution >= 0.6 is 11.6 Å². The van der Waals surface area contributed by atoms with Crippen LogP contribution in [0.2, 0.25) is 0 Å². The van der Waals surface area contributed by atoms with E-state index in [0.29, 0.717) is 0 Å². The van der Waals surface area contributed by atoms with Gasteiger partial charge >= 0.3 is 0 Å². The molecule has 0 N–H and O–H groups in total. The Morgan fingerprint density at radius 3 is 2.32 bits per heavy atom. The Morgan fingerprint density at radius 2 is 1.71 bits per heavy atom. The zero-order chi connectivity index (χ0) is 22.4. The molecule has 4 rings (SSSR count). The van der Waals surface area contributed by atoms with E-state index >= 15 is 0 Å². The topological polar surface area (TPSA) is 81.9 Å². The fourth-order valence-electron chi connectivity index (χ4n) is 3.66. The number of morpholine rings is 1. The maximum atomic E-state index is 9.22. The van der Waals surface area contributed by atoms with Gasteiger partial charge in [0.05, 0.1) is 12.7 Å². The number of halogens is 1. The van der Waals surface area contributed by atoms with Crippen LogP contribution < -0.4 is 4.90 Å². The Hall–Kier alpha value is -2.23. The largest absolute Gasteiger partial charge is 0.726 e. The lowest BCUT2D eigenvalue weighted by Crippen LogP contribution is -2.32. The quantitative estimate of drug-likeness (QED) is 0.300. The molecular formula is C22H25ClN2O5S. The molecule has 1 atom stereocenters. The summed E-state index contributed by atoms with van der Waals surface area (Å²) in [4.78, 5) is 2.09. The first-order valence-corrected chi connectivity index (χ1v) is 11.5. The highest BCUT2D eigenvalue weighted by Gasteiger charge is 2.32. The van der Waals surface area contributed by atoms with E-state index in [9.17, 15) is 13.0 Å². The lowest BCUT2D eigenvalue weighted by atomic mass is 9.82. The molecule has 1 saturated heterocycles. The highest BCUT2D eigenvalue weighted by Crippen LogP contribution is 2.44. The van der Waals surface area contributed by atoms with Crippen molar-refractivity contribution in [3.8, 4) is 0 Å². The second-order valence-electron chi connectivity index (χ2n) is 7.06. The van der Waals surface area contributed by atoms with Crippen molar-refractivity contribution in [2.75, 3.05) is 45.4 Å². The van der Waals surface area contributed by atoms with Gasteiger partial charge in [-0.3, -0.25) is 4.18 Å². The summed E-state index contributed by atoms with van der Waals surface area (Å²) in [5.74, 6) is 0.143. The molecule has 0 aromatic heterocycles. The first kappa shape index (κ1) is 23.4. The molecule has 0 amide bonds. The van der Waals surface area contributed by atoms with Crippen molar-refractivity contribution in [1.29, 1.82) is 0 Å². The first-order valence-electron chi connectivity index (χ1n) is 9.77. The van der Waals surface area contributed by atoms with Crippen LogP contribution in [0.3, 0.4) is 0 Å². The predicted molar refractivity (Wildman–Crippen MR) is 120 cm³/mol. The summed E-state index contributed by atoms with van der Waals surface area (Å²) in [6.45, 7) is 3.34. The van der Waals surface area contributed by atoms with Gasteiger partial charge in [-0.2, -0.15) is 0 Å². The minimum atomic E-state index is -4.41. The third-order valence-corrected chi connectivity index (χ3v) is 6.04. The Balaban J connectivity index is 0.000000401. The summed E-state index contributed by atoms with van der Waals surface area (Å²) in [7, 11) is -1.57. The van der Waals surface area contributed by atoms with E-state index in [-0.39, 0.29) is 5.92 Å². The Kier molecular flexibility index (Phi) is 7.85. The summed E-state index contributed by atoms with van der Waals surface area (Å²) in [5, 5.41) is 0.791. The second kappa shape index (κ2) is 10.4. The van der Waals surface area contributed by atoms with Gasteiger partial charge in [-0.05, 0) is 17.2 Å². The standard InChI is InChI=1S/C21H22ClN2O.CH4O4S/c1-23-19-10-6-5-9-17(19)20(16-7-3-2-4-8-16)18(21(23)22)15-24-11-13-25-14-12-24;1-5-6(2,3)4/h2-10,15,20H,11-14H2,1H3;1H3,(H,2,3,4)/q+1;/p-1. The molecule has 0 spiro atoms. The van der Waals surface area contributed by atoms with E-state index in [1.54, 1.807) is 0 Å². The monoisotopic (exact) mass is 464 g/mol. The van der Waals surface area contributed by atoms with Crippen LogP contribution in [0.25, 0.3) is 0 Å². The van der Waals surface area contributed by atoms with Gasteiger partial charge in [-0.1, -0.05) is 60.1 Å². The molecule has 1 unspecified atom stereocenters. The summed E-state index contributed by atoms with van der Waals surface area (Å²) in [6, 6.07) is 19.1. The molecule has 2 heterocycles. The maximum Gasteiger partial charge on any atom is 0.217 e. The molecule has 9 heteroatoms. The number of hydrogen-bond acceptors (Lipinski definition) is 6. The molecule has 0 radical (unpaired) electrons. The fraction of sp³-hybridized carbons (Fsp3) is 0.318. The van der Waals surface area contributed by atoms with Crippen LogP contribution in [-0.4, -0.2) is 64.2 Å². The van der Waals surface area contributed by atoms with Crippen LogP contribution in [0.4, 0.5) is 5.69 Å². The molecule has 2 aliphatic rings. The van der Waals surface area contributed by atoms with Crippen molar-refractivity contribution in [3.05, 3.63) is 76.5 Å². The molecule has 1 fully saturated rings. The molecule has 2 aromatic rings. The second-order valence-corrected chi connectivity index (χ2v) is 8.57. The van der Waals surface area contributed by atoms with Gasteiger partial charge in [0.2, 0.25) is 10.4 Å². The van der Waals surface area contributed by atoms with Crippen molar-refractivity contribution < 1.29 is 26.5 Å². The van der Waals surface area contributed by atoms with E-state index in [0.717, 1.165) is 44.1 Å². The van der Waals surface area contributed by atoms with Crippen molar-refractivity contribution in [3.63, 3.8) is 0 Å². The number of para-hydroxylation sites is 1. The van der Waals surface area contributed by atoms with Gasteiger partial charge in [0, 0.05) is 18.7 Å². The summed E-state index contributed by atoms with van der Waals surface area (Å²) >= 11 is 6.84. The molecule has 0 bridgehead atoms. The molecule has 31 heavy (non-hydrogen) atoms. The Bertz CT molecular complexity index is 1060. The molecule has 2 aromatic carbocycles. The number of nitrogens with zero attached hydrogens (tertiary/aromatic N) is 2. The number of benzene rings is 2. The SMILES string of the molecule is CN1C(Cl)=C(C=[N+]2CCOCC2)C(c2ccccc2)c2ccccc21.COS(=O)(=O)[O-]. The Labute approximate surface area is 188 Å². The summed E-state index contributed by atoms with van der Waals surface area (Å²) in [6.07, 6.45) is 2.23. The minimum absolute atomic E-state index is 0.143. The third-order valence-electron chi connectivity index (χ3n) is 5.16. The van der Waals surface area contributed by atoms with Gasteiger partial charge in [-0.25, -0.2) is 13.0 Å². The number of rotatable bonds is 3. The van der Waals surface area contributed by atoms with Crippen LogP contribution in [-0.2, 0) is 19.3 Å². The van der Waals surface area contributed by atoms with Gasteiger partial charge in [0.1, 0.15) is 18.4 Å². The van der Waals surface area contributed by atoms with E-state index in [2.05, 4.69) is 74.5 Å². The minimum Gasteiger partial charge on any atom is -0.726 e. The van der Waals surface area contributed by atoms with Crippen LogP contribution in [0.15, 0.2) is 65.3 Å². The number of anilines is 1. The number of hydrogen-bond donors (Lipinski definition) is 0. The van der Waals surface area contributed by atoms with E-state index in [1.807, 2.05) is 7.05 Å². The normalized spacial score (nSPS) is 18.8. The molecule has 7 nitrogen and oxygen atoms in total. The van der Waals surface area contributed by atoms with Gasteiger partial charge in [0.15, 0.2) is 19.3 Å². The van der Waals surface area contributed by atoms with Crippen LogP contribution in [0.5, 0.6) is 0 Å². The highest BCUT2D eigenvalue weighted by molar-refractivity contribution is 7.80. The third kappa shape index (κ3) is 5.93.